The van der Waals surface area contributed by atoms with Crippen LogP contribution in [0.1, 0.15) is 5.69 Å². The lowest BCUT2D eigenvalue weighted by Crippen LogP contribution is -2.15. The largest absolute Gasteiger partial charge is 0.417 e. The third kappa shape index (κ3) is 3.18. The number of nitrogens with two attached hydrogens (primary N) is 1. The molecule has 2 rings (SSSR count). The van der Waals surface area contributed by atoms with Crippen molar-refractivity contribution in [1.82, 2.24) is 9.97 Å². The molecule has 0 amide bonds. The molecule has 0 saturated carbocycles. The molecule has 9 nitrogen and oxygen atoms in total. The number of hydrogen-bond acceptors (Lipinski definition) is 7. The molecule has 0 atom stereocenters. The highest BCUT2D eigenvalue weighted by molar-refractivity contribution is 5.95. The Morgan fingerprint density at radius 2 is 2.24 bits per heavy atom. The molecule has 1 aromatic heterocycles. The first-order chi connectivity index (χ1) is 10.0. The zero-order chi connectivity index (χ0) is 15.4. The van der Waals surface area contributed by atoms with Crippen LogP contribution in [0.2, 0.25) is 0 Å². The van der Waals surface area contributed by atoms with Gasteiger partial charge in [0.2, 0.25) is 5.75 Å². The minimum atomic E-state index is -0.800. The normalized spacial score (nSPS) is 11.2. The molecule has 21 heavy (non-hydrogen) atoms. The van der Waals surface area contributed by atoms with Gasteiger partial charge >= 0.3 is 11.7 Å². The molecular formula is C11H8FN5O4. The predicted molar refractivity (Wildman–Crippen MR) is 67.7 cm³/mol. The van der Waals surface area contributed by atoms with Crippen molar-refractivity contribution in [2.24, 2.45) is 10.9 Å². The third-order valence-corrected chi connectivity index (χ3v) is 2.32. The number of halogens is 1. The van der Waals surface area contributed by atoms with Gasteiger partial charge in [0, 0.05) is 6.20 Å². The van der Waals surface area contributed by atoms with Crippen molar-refractivity contribution in [1.29, 1.82) is 0 Å². The van der Waals surface area contributed by atoms with E-state index in [0.717, 1.165) is 12.1 Å². The first-order valence-corrected chi connectivity index (χ1v) is 5.44. The maximum Gasteiger partial charge on any atom is 0.322 e. The minimum absolute atomic E-state index is 0.0623. The van der Waals surface area contributed by atoms with Gasteiger partial charge in [-0.1, -0.05) is 5.16 Å². The van der Waals surface area contributed by atoms with Gasteiger partial charge in [0.05, 0.1) is 11.0 Å². The molecule has 0 bridgehead atoms. The number of hydrogen-bond donors (Lipinski definition) is 2. The van der Waals surface area contributed by atoms with Gasteiger partial charge in [0.15, 0.2) is 5.84 Å². The Labute approximate surface area is 116 Å². The van der Waals surface area contributed by atoms with E-state index in [1.165, 1.54) is 12.3 Å². The number of nitro benzene ring substituents is 1. The van der Waals surface area contributed by atoms with E-state index in [1.807, 2.05) is 0 Å². The summed E-state index contributed by atoms with van der Waals surface area (Å²) in [5.41, 5.74) is 4.84. The zero-order valence-electron chi connectivity index (χ0n) is 10.3. The van der Waals surface area contributed by atoms with Crippen molar-refractivity contribution in [3.05, 3.63) is 52.1 Å². The van der Waals surface area contributed by atoms with Crippen LogP contribution in [0.3, 0.4) is 0 Å². The molecule has 0 spiro atoms. The number of ether oxygens (including phenoxy) is 1. The summed E-state index contributed by atoms with van der Waals surface area (Å²) in [4.78, 5) is 17.6. The van der Waals surface area contributed by atoms with Gasteiger partial charge in [-0.25, -0.2) is 9.37 Å². The van der Waals surface area contributed by atoms with Crippen LogP contribution in [0.15, 0.2) is 35.6 Å². The highest BCUT2D eigenvalue weighted by atomic mass is 19.1. The van der Waals surface area contributed by atoms with Gasteiger partial charge in [-0.05, 0) is 18.2 Å². The standard InChI is InChI=1S/C11H8FN5O4/c12-6-1-2-9(8(5-6)17(19)20)21-11-14-4-3-7(15-11)10(13)16-18/h1-5,18H,(H2,13,16). The van der Waals surface area contributed by atoms with Crippen molar-refractivity contribution in [2.45, 2.75) is 0 Å². The van der Waals surface area contributed by atoms with E-state index in [0.29, 0.717) is 6.07 Å². The van der Waals surface area contributed by atoms with Gasteiger partial charge in [-0.2, -0.15) is 4.98 Å². The third-order valence-electron chi connectivity index (χ3n) is 2.32. The van der Waals surface area contributed by atoms with Crippen LogP contribution in [0.5, 0.6) is 11.8 Å². The lowest BCUT2D eigenvalue weighted by atomic mass is 10.3. The predicted octanol–water partition coefficient (Wildman–Crippen LogP) is 1.41. The molecule has 108 valence electrons. The van der Waals surface area contributed by atoms with Crippen LogP contribution >= 0.6 is 0 Å². The summed E-state index contributed by atoms with van der Waals surface area (Å²) >= 11 is 0. The second-order valence-corrected chi connectivity index (χ2v) is 3.68. The average Bonchev–Trinajstić information content (AvgIpc) is 2.48. The molecule has 0 radical (unpaired) electrons. The molecule has 1 heterocycles. The second-order valence-electron chi connectivity index (χ2n) is 3.68. The molecule has 0 saturated heterocycles. The number of rotatable bonds is 4. The van der Waals surface area contributed by atoms with Crippen LogP contribution in [0, 0.1) is 15.9 Å². The van der Waals surface area contributed by atoms with E-state index < -0.39 is 16.4 Å². The van der Waals surface area contributed by atoms with E-state index in [4.69, 9.17) is 15.7 Å². The number of nitrogens with zero attached hydrogens (tertiary/aromatic N) is 4. The summed E-state index contributed by atoms with van der Waals surface area (Å²) in [7, 11) is 0. The summed E-state index contributed by atoms with van der Waals surface area (Å²) in [6.45, 7) is 0. The van der Waals surface area contributed by atoms with Crippen molar-refractivity contribution < 1.29 is 19.3 Å². The SMILES string of the molecule is N/C(=N/O)c1ccnc(Oc2ccc(F)cc2[N+](=O)[O-])n1. The number of aromatic nitrogens is 2. The Hall–Kier alpha value is -3.30. The molecular weight excluding hydrogens is 285 g/mol. The van der Waals surface area contributed by atoms with E-state index in [-0.39, 0.29) is 23.3 Å². The fraction of sp³-hybridized carbons (Fsp3) is 0. The van der Waals surface area contributed by atoms with Crippen molar-refractivity contribution in [3.8, 4) is 11.8 Å². The average molecular weight is 293 g/mol. The highest BCUT2D eigenvalue weighted by Crippen LogP contribution is 2.30. The molecule has 10 heteroatoms. The quantitative estimate of drug-likeness (QED) is 0.286. The Balaban J connectivity index is 2.37. The Kier molecular flexibility index (Phi) is 3.88. The Bertz CT molecular complexity index is 722. The summed E-state index contributed by atoms with van der Waals surface area (Å²) < 4.78 is 18.1. The van der Waals surface area contributed by atoms with Gasteiger partial charge < -0.3 is 15.7 Å². The minimum Gasteiger partial charge on any atom is -0.417 e. The summed E-state index contributed by atoms with van der Waals surface area (Å²) in [5, 5.41) is 22.1. The number of amidine groups is 1. The monoisotopic (exact) mass is 293 g/mol. The molecule has 3 N–H and O–H groups in total. The van der Waals surface area contributed by atoms with E-state index in [2.05, 4.69) is 15.1 Å². The zero-order valence-corrected chi connectivity index (χ0v) is 10.3. The summed E-state index contributed by atoms with van der Waals surface area (Å²) in [5.74, 6) is -1.30. The Morgan fingerprint density at radius 1 is 1.48 bits per heavy atom. The number of benzene rings is 1. The lowest BCUT2D eigenvalue weighted by Gasteiger charge is -2.05. The van der Waals surface area contributed by atoms with E-state index in [1.54, 1.807) is 0 Å². The van der Waals surface area contributed by atoms with Crippen LogP contribution < -0.4 is 10.5 Å². The van der Waals surface area contributed by atoms with Crippen LogP contribution in [0.4, 0.5) is 10.1 Å². The molecule has 0 aliphatic rings. The van der Waals surface area contributed by atoms with Crippen LogP contribution in [-0.2, 0) is 0 Å². The molecule has 0 fully saturated rings. The fourth-order valence-corrected chi connectivity index (χ4v) is 1.40. The summed E-state index contributed by atoms with van der Waals surface area (Å²) in [6.07, 6.45) is 1.26. The number of nitro groups is 1. The lowest BCUT2D eigenvalue weighted by molar-refractivity contribution is -0.385. The molecule has 2 aromatic rings. The molecule has 0 unspecified atom stereocenters. The smallest absolute Gasteiger partial charge is 0.322 e. The van der Waals surface area contributed by atoms with Crippen molar-refractivity contribution >= 4 is 11.5 Å². The Morgan fingerprint density at radius 3 is 2.90 bits per heavy atom. The van der Waals surface area contributed by atoms with E-state index in [9.17, 15) is 14.5 Å². The maximum atomic E-state index is 13.0. The highest BCUT2D eigenvalue weighted by Gasteiger charge is 2.18. The second kappa shape index (κ2) is 5.77. The molecule has 0 aliphatic heterocycles. The van der Waals surface area contributed by atoms with Gasteiger partial charge in [0.25, 0.3) is 0 Å². The molecule has 1 aromatic carbocycles. The molecule has 0 aliphatic carbocycles. The van der Waals surface area contributed by atoms with E-state index >= 15 is 0 Å². The fourth-order valence-electron chi connectivity index (χ4n) is 1.40. The van der Waals surface area contributed by atoms with Gasteiger partial charge in [-0.15, -0.1) is 0 Å². The maximum absolute atomic E-state index is 13.0. The summed E-state index contributed by atoms with van der Waals surface area (Å²) in [6, 6.07) is 3.86. The first kappa shape index (κ1) is 14.1. The first-order valence-electron chi connectivity index (χ1n) is 5.44. The van der Waals surface area contributed by atoms with Gasteiger partial charge in [0.1, 0.15) is 11.5 Å². The topological polar surface area (TPSA) is 137 Å². The van der Waals surface area contributed by atoms with Gasteiger partial charge in [-0.3, -0.25) is 10.1 Å². The van der Waals surface area contributed by atoms with Crippen LogP contribution in [0.25, 0.3) is 0 Å². The van der Waals surface area contributed by atoms with Crippen molar-refractivity contribution in [3.63, 3.8) is 0 Å². The van der Waals surface area contributed by atoms with Crippen molar-refractivity contribution in [2.75, 3.05) is 0 Å². The van der Waals surface area contributed by atoms with Crippen LogP contribution in [-0.4, -0.2) is 25.9 Å². The number of oxime groups is 1.